The Bertz CT molecular complexity index is 827. The van der Waals surface area contributed by atoms with Crippen LogP contribution in [0.3, 0.4) is 0 Å². The molecule has 2 aromatic rings. The van der Waals surface area contributed by atoms with Gasteiger partial charge in [0.25, 0.3) is 5.91 Å². The van der Waals surface area contributed by atoms with Gasteiger partial charge in [0.15, 0.2) is 0 Å². The van der Waals surface area contributed by atoms with Crippen molar-refractivity contribution in [2.45, 2.75) is 44.4 Å². The molecule has 2 aliphatic heterocycles. The SMILES string of the molecule is CC(N)NC(=O)c1cc2ccccc2nc1N1CCC(NC2CCOC2)CC1. The highest BCUT2D eigenvalue weighted by Crippen LogP contribution is 2.27. The zero-order valence-electron chi connectivity index (χ0n) is 16.4. The number of piperidine rings is 1. The highest BCUT2D eigenvalue weighted by molar-refractivity contribution is 6.02. The van der Waals surface area contributed by atoms with E-state index in [9.17, 15) is 4.79 Å². The molecule has 2 fully saturated rings. The molecule has 0 aliphatic carbocycles. The fourth-order valence-corrected chi connectivity index (χ4v) is 4.06. The van der Waals surface area contributed by atoms with Crippen molar-refractivity contribution in [3.8, 4) is 0 Å². The number of nitrogens with two attached hydrogens (primary N) is 1. The van der Waals surface area contributed by atoms with Crippen LogP contribution in [0.2, 0.25) is 0 Å². The maximum absolute atomic E-state index is 12.8. The van der Waals surface area contributed by atoms with Gasteiger partial charge in [0.1, 0.15) is 5.82 Å². The Morgan fingerprint density at radius 2 is 2.04 bits per heavy atom. The fraction of sp³-hybridized carbons (Fsp3) is 0.524. The van der Waals surface area contributed by atoms with Gasteiger partial charge in [-0.25, -0.2) is 4.98 Å². The molecule has 1 aromatic heterocycles. The second kappa shape index (κ2) is 8.43. The molecule has 0 saturated carbocycles. The van der Waals surface area contributed by atoms with Gasteiger partial charge in [0.2, 0.25) is 0 Å². The second-order valence-electron chi connectivity index (χ2n) is 7.80. The van der Waals surface area contributed by atoms with Crippen LogP contribution in [0.4, 0.5) is 5.82 Å². The number of nitrogens with one attached hydrogen (secondary N) is 2. The molecule has 0 spiro atoms. The summed E-state index contributed by atoms with van der Waals surface area (Å²) in [6, 6.07) is 10.8. The van der Waals surface area contributed by atoms with E-state index in [-0.39, 0.29) is 5.91 Å². The molecule has 2 saturated heterocycles. The number of para-hydroxylation sites is 1. The number of rotatable bonds is 5. The monoisotopic (exact) mass is 383 g/mol. The molecule has 4 N–H and O–H groups in total. The molecule has 7 heteroatoms. The average Bonchev–Trinajstić information content (AvgIpc) is 3.20. The summed E-state index contributed by atoms with van der Waals surface area (Å²) in [5.74, 6) is 0.575. The minimum atomic E-state index is -0.407. The van der Waals surface area contributed by atoms with E-state index in [0.717, 1.165) is 62.3 Å². The number of nitrogens with zero attached hydrogens (tertiary/aromatic N) is 2. The number of fused-ring (bicyclic) bond motifs is 1. The van der Waals surface area contributed by atoms with E-state index in [1.807, 2.05) is 30.3 Å². The molecular weight excluding hydrogens is 354 g/mol. The molecule has 7 nitrogen and oxygen atoms in total. The zero-order valence-corrected chi connectivity index (χ0v) is 16.4. The van der Waals surface area contributed by atoms with Gasteiger partial charge in [0, 0.05) is 37.2 Å². The number of carbonyl (C=O) groups is 1. The molecular formula is C21H29N5O2. The molecule has 0 radical (unpaired) electrons. The maximum Gasteiger partial charge on any atom is 0.256 e. The van der Waals surface area contributed by atoms with E-state index >= 15 is 0 Å². The van der Waals surface area contributed by atoms with Crippen LogP contribution in [0, 0.1) is 0 Å². The molecule has 0 bridgehead atoms. The topological polar surface area (TPSA) is 92.5 Å². The number of anilines is 1. The summed E-state index contributed by atoms with van der Waals surface area (Å²) in [6.07, 6.45) is 2.74. The van der Waals surface area contributed by atoms with Crippen molar-refractivity contribution in [2.75, 3.05) is 31.2 Å². The lowest BCUT2D eigenvalue weighted by Gasteiger charge is -2.35. The largest absolute Gasteiger partial charge is 0.380 e. The summed E-state index contributed by atoms with van der Waals surface area (Å²) in [7, 11) is 0. The highest BCUT2D eigenvalue weighted by Gasteiger charge is 2.27. The lowest BCUT2D eigenvalue weighted by molar-refractivity contribution is 0.0941. The van der Waals surface area contributed by atoms with Gasteiger partial charge in [-0.1, -0.05) is 18.2 Å². The summed E-state index contributed by atoms with van der Waals surface area (Å²) in [5.41, 5.74) is 7.27. The van der Waals surface area contributed by atoms with Gasteiger partial charge in [-0.2, -0.15) is 0 Å². The minimum Gasteiger partial charge on any atom is -0.380 e. The molecule has 2 atom stereocenters. The Labute approximate surface area is 165 Å². The molecule has 1 amide bonds. The van der Waals surface area contributed by atoms with Crippen molar-refractivity contribution in [3.63, 3.8) is 0 Å². The number of pyridine rings is 1. The molecule has 4 rings (SSSR count). The van der Waals surface area contributed by atoms with E-state index < -0.39 is 6.17 Å². The first-order valence-corrected chi connectivity index (χ1v) is 10.1. The number of hydrogen-bond acceptors (Lipinski definition) is 6. The van der Waals surface area contributed by atoms with Crippen molar-refractivity contribution in [1.29, 1.82) is 0 Å². The van der Waals surface area contributed by atoms with Gasteiger partial charge in [0.05, 0.1) is 23.9 Å². The maximum atomic E-state index is 12.8. The second-order valence-corrected chi connectivity index (χ2v) is 7.80. The summed E-state index contributed by atoms with van der Waals surface area (Å²) in [4.78, 5) is 19.8. The first kappa shape index (κ1) is 19.1. The Balaban J connectivity index is 1.54. The van der Waals surface area contributed by atoms with Gasteiger partial charge < -0.3 is 26.0 Å². The van der Waals surface area contributed by atoms with Gasteiger partial charge in [-0.15, -0.1) is 0 Å². The van der Waals surface area contributed by atoms with Crippen LogP contribution in [0.25, 0.3) is 10.9 Å². The molecule has 2 aliphatic rings. The molecule has 2 unspecified atom stereocenters. The van der Waals surface area contributed by atoms with E-state index in [0.29, 0.717) is 17.6 Å². The minimum absolute atomic E-state index is 0.174. The predicted octanol–water partition coefficient (Wildman–Crippen LogP) is 1.62. The summed E-state index contributed by atoms with van der Waals surface area (Å²) in [5, 5.41) is 7.48. The number of ether oxygens (including phenoxy) is 1. The number of amides is 1. The number of benzene rings is 1. The van der Waals surface area contributed by atoms with Crippen molar-refractivity contribution in [3.05, 3.63) is 35.9 Å². The third-order valence-electron chi connectivity index (χ3n) is 5.50. The van der Waals surface area contributed by atoms with Crippen LogP contribution in [0.5, 0.6) is 0 Å². The van der Waals surface area contributed by atoms with Crippen LogP contribution in [-0.2, 0) is 4.74 Å². The quantitative estimate of drug-likeness (QED) is 0.680. The van der Waals surface area contributed by atoms with Crippen LogP contribution in [0.15, 0.2) is 30.3 Å². The van der Waals surface area contributed by atoms with Crippen molar-refractivity contribution >= 4 is 22.6 Å². The standard InChI is InChI=1S/C21H29N5O2/c1-14(22)23-21(27)18-12-15-4-2-3-5-19(15)25-20(18)26-9-6-16(7-10-26)24-17-8-11-28-13-17/h2-5,12,14,16-17,24H,6-11,13,22H2,1H3,(H,23,27). The first-order chi connectivity index (χ1) is 13.6. The normalized spacial score (nSPS) is 21.8. The molecule has 1 aromatic carbocycles. The van der Waals surface area contributed by atoms with E-state index in [1.165, 1.54) is 0 Å². The van der Waals surface area contributed by atoms with E-state index in [1.54, 1.807) is 6.92 Å². The summed E-state index contributed by atoms with van der Waals surface area (Å²) in [6.45, 7) is 5.17. The third-order valence-corrected chi connectivity index (χ3v) is 5.50. The van der Waals surface area contributed by atoms with Crippen LogP contribution >= 0.6 is 0 Å². The first-order valence-electron chi connectivity index (χ1n) is 10.1. The van der Waals surface area contributed by atoms with Crippen molar-refractivity contribution in [2.24, 2.45) is 5.73 Å². The predicted molar refractivity (Wildman–Crippen MR) is 110 cm³/mol. The van der Waals surface area contributed by atoms with E-state index in [2.05, 4.69) is 15.5 Å². The lowest BCUT2D eigenvalue weighted by atomic mass is 10.0. The molecule has 3 heterocycles. The zero-order chi connectivity index (χ0) is 19.5. The van der Waals surface area contributed by atoms with Crippen molar-refractivity contribution in [1.82, 2.24) is 15.6 Å². The molecule has 28 heavy (non-hydrogen) atoms. The third kappa shape index (κ3) is 4.27. The highest BCUT2D eigenvalue weighted by atomic mass is 16.5. The number of carbonyl (C=O) groups excluding carboxylic acids is 1. The van der Waals surface area contributed by atoms with Crippen molar-refractivity contribution < 1.29 is 9.53 Å². The smallest absolute Gasteiger partial charge is 0.256 e. The van der Waals surface area contributed by atoms with Crippen LogP contribution < -0.4 is 21.3 Å². The van der Waals surface area contributed by atoms with E-state index in [4.69, 9.17) is 15.5 Å². The fourth-order valence-electron chi connectivity index (χ4n) is 4.06. The Hall–Kier alpha value is -2.22. The lowest BCUT2D eigenvalue weighted by Crippen LogP contribution is -2.47. The average molecular weight is 383 g/mol. The number of hydrogen-bond donors (Lipinski definition) is 3. The van der Waals surface area contributed by atoms with Gasteiger partial charge >= 0.3 is 0 Å². The Kier molecular flexibility index (Phi) is 5.75. The Morgan fingerprint density at radius 3 is 2.75 bits per heavy atom. The molecule has 150 valence electrons. The van der Waals surface area contributed by atoms with Gasteiger partial charge in [-0.3, -0.25) is 4.79 Å². The number of aromatic nitrogens is 1. The van der Waals surface area contributed by atoms with Gasteiger partial charge in [-0.05, 0) is 38.3 Å². The van der Waals surface area contributed by atoms with Crippen LogP contribution in [0.1, 0.15) is 36.5 Å². The summed E-state index contributed by atoms with van der Waals surface area (Å²) < 4.78 is 5.47. The van der Waals surface area contributed by atoms with Crippen LogP contribution in [-0.4, -0.2) is 55.4 Å². The Morgan fingerprint density at radius 1 is 1.25 bits per heavy atom. The summed E-state index contributed by atoms with van der Waals surface area (Å²) >= 11 is 0.